The highest BCUT2D eigenvalue weighted by Gasteiger charge is 2.24. The van der Waals surface area contributed by atoms with Gasteiger partial charge in [-0.1, -0.05) is 32.9 Å². The molecule has 0 aliphatic carbocycles. The van der Waals surface area contributed by atoms with Gasteiger partial charge in [-0.3, -0.25) is 4.79 Å². The van der Waals surface area contributed by atoms with Gasteiger partial charge in [0.2, 0.25) is 5.91 Å². The van der Waals surface area contributed by atoms with Crippen molar-refractivity contribution in [2.75, 3.05) is 11.9 Å². The lowest BCUT2D eigenvalue weighted by atomic mass is 9.96. The summed E-state index contributed by atoms with van der Waals surface area (Å²) in [5.74, 6) is -1.02. The maximum absolute atomic E-state index is 12.2. The second-order valence-electron chi connectivity index (χ2n) is 4.75. The fourth-order valence-electron chi connectivity index (χ4n) is 1.66. The number of hydrogen-bond acceptors (Lipinski definition) is 2. The van der Waals surface area contributed by atoms with E-state index >= 15 is 0 Å². The van der Waals surface area contributed by atoms with Crippen molar-refractivity contribution in [2.45, 2.75) is 20.8 Å². The van der Waals surface area contributed by atoms with Crippen molar-refractivity contribution in [1.82, 2.24) is 0 Å². The summed E-state index contributed by atoms with van der Waals surface area (Å²) in [5.41, 5.74) is 0.576. The molecule has 18 heavy (non-hydrogen) atoms. The van der Waals surface area contributed by atoms with E-state index in [0.717, 1.165) is 0 Å². The fourth-order valence-corrected chi connectivity index (χ4v) is 1.66. The Morgan fingerprint density at radius 1 is 1.17 bits per heavy atom. The topological polar surface area (TPSA) is 57.6 Å². The fraction of sp³-hybridized carbons (Fsp3) is 0.429. The van der Waals surface area contributed by atoms with Gasteiger partial charge >= 0.3 is 5.97 Å². The van der Waals surface area contributed by atoms with Crippen molar-refractivity contribution >= 4 is 17.6 Å². The lowest BCUT2D eigenvalue weighted by Crippen LogP contribution is -2.34. The van der Waals surface area contributed by atoms with E-state index in [2.05, 4.69) is 0 Å². The summed E-state index contributed by atoms with van der Waals surface area (Å²) in [5, 5.41) is 9.11. The Labute approximate surface area is 107 Å². The summed E-state index contributed by atoms with van der Waals surface area (Å²) >= 11 is 0. The molecule has 0 aromatic heterocycles. The van der Waals surface area contributed by atoms with Crippen LogP contribution in [0.4, 0.5) is 5.69 Å². The lowest BCUT2D eigenvalue weighted by molar-refractivity contribution is -0.122. The number of nitrogens with zero attached hydrogens (tertiary/aromatic N) is 1. The molecule has 0 spiro atoms. The van der Waals surface area contributed by atoms with E-state index in [9.17, 15) is 9.59 Å². The smallest absolute Gasteiger partial charge is 0.337 e. The number of hydrogen-bond donors (Lipinski definition) is 1. The van der Waals surface area contributed by atoms with Crippen molar-refractivity contribution in [3.05, 3.63) is 29.8 Å². The lowest BCUT2D eigenvalue weighted by Gasteiger charge is -2.24. The molecule has 0 bridgehead atoms. The Kier molecular flexibility index (Phi) is 4.48. The molecule has 0 heterocycles. The second kappa shape index (κ2) is 5.67. The molecule has 0 fully saturated rings. The predicted octanol–water partition coefficient (Wildman–Crippen LogP) is 2.64. The van der Waals surface area contributed by atoms with Crippen LogP contribution in [-0.2, 0) is 4.79 Å². The Balaban J connectivity index is 3.07. The molecule has 98 valence electrons. The van der Waals surface area contributed by atoms with Crippen molar-refractivity contribution in [1.29, 1.82) is 0 Å². The third-order valence-corrected chi connectivity index (χ3v) is 3.22. The molecule has 0 aliphatic rings. The standard InChI is InChI=1S/C14H19NO3/c1-9(2)10(3)13(16)15(4)12-8-6-5-7-11(12)14(17)18/h5-10H,1-4H3,(H,17,18). The van der Waals surface area contributed by atoms with Crippen LogP contribution in [0.1, 0.15) is 31.1 Å². The third-order valence-electron chi connectivity index (χ3n) is 3.22. The number of carbonyl (C=O) groups is 2. The van der Waals surface area contributed by atoms with Crippen LogP contribution in [0.5, 0.6) is 0 Å². The van der Waals surface area contributed by atoms with Gasteiger partial charge < -0.3 is 10.0 Å². The second-order valence-corrected chi connectivity index (χ2v) is 4.75. The van der Waals surface area contributed by atoms with Crippen molar-refractivity contribution in [3.63, 3.8) is 0 Å². The summed E-state index contributed by atoms with van der Waals surface area (Å²) in [6.45, 7) is 5.80. The number of benzene rings is 1. The van der Waals surface area contributed by atoms with Crippen LogP contribution in [0.25, 0.3) is 0 Å². The minimum atomic E-state index is -1.03. The van der Waals surface area contributed by atoms with Crippen LogP contribution >= 0.6 is 0 Å². The highest BCUT2D eigenvalue weighted by atomic mass is 16.4. The Hall–Kier alpha value is -1.84. The van der Waals surface area contributed by atoms with Gasteiger partial charge in [0, 0.05) is 13.0 Å². The van der Waals surface area contributed by atoms with E-state index in [1.807, 2.05) is 20.8 Å². The van der Waals surface area contributed by atoms with E-state index in [-0.39, 0.29) is 23.3 Å². The van der Waals surface area contributed by atoms with Gasteiger partial charge in [0.15, 0.2) is 0 Å². The first kappa shape index (κ1) is 14.2. The van der Waals surface area contributed by atoms with Gasteiger partial charge in [-0.25, -0.2) is 4.79 Å². The van der Waals surface area contributed by atoms with Crippen molar-refractivity contribution in [3.8, 4) is 0 Å². The van der Waals surface area contributed by atoms with Crippen LogP contribution < -0.4 is 4.90 Å². The molecule has 1 N–H and O–H groups in total. The van der Waals surface area contributed by atoms with Crippen LogP contribution in [0, 0.1) is 11.8 Å². The first-order valence-electron chi connectivity index (χ1n) is 5.96. The van der Waals surface area contributed by atoms with E-state index in [0.29, 0.717) is 5.69 Å². The van der Waals surface area contributed by atoms with Crippen molar-refractivity contribution < 1.29 is 14.7 Å². The first-order valence-corrected chi connectivity index (χ1v) is 5.96. The van der Waals surface area contributed by atoms with E-state index in [1.54, 1.807) is 25.2 Å². The zero-order valence-electron chi connectivity index (χ0n) is 11.2. The summed E-state index contributed by atoms with van der Waals surface area (Å²) in [6.07, 6.45) is 0. The molecule has 0 saturated carbocycles. The van der Waals surface area contributed by atoms with E-state index in [1.165, 1.54) is 11.0 Å². The number of carboxylic acids is 1. The molecule has 1 aromatic rings. The van der Waals surface area contributed by atoms with E-state index in [4.69, 9.17) is 5.11 Å². The zero-order valence-corrected chi connectivity index (χ0v) is 11.2. The molecule has 1 amide bonds. The minimum absolute atomic E-state index is 0.0706. The molecule has 1 aromatic carbocycles. The molecule has 4 nitrogen and oxygen atoms in total. The Bertz CT molecular complexity index is 454. The Morgan fingerprint density at radius 2 is 1.72 bits per heavy atom. The average molecular weight is 249 g/mol. The van der Waals surface area contributed by atoms with Gasteiger partial charge in [0.25, 0.3) is 0 Å². The van der Waals surface area contributed by atoms with E-state index < -0.39 is 5.97 Å². The molecule has 0 radical (unpaired) electrons. The predicted molar refractivity (Wildman–Crippen MR) is 70.8 cm³/mol. The number of rotatable bonds is 4. The SMILES string of the molecule is CC(C)C(C)C(=O)N(C)c1ccccc1C(=O)O. The maximum Gasteiger partial charge on any atom is 0.337 e. The normalized spacial score (nSPS) is 12.3. The molecular formula is C14H19NO3. The number of carbonyl (C=O) groups excluding carboxylic acids is 1. The van der Waals surface area contributed by atoms with Crippen LogP contribution in [0.15, 0.2) is 24.3 Å². The molecule has 1 unspecified atom stereocenters. The summed E-state index contributed by atoms with van der Waals surface area (Å²) in [7, 11) is 1.61. The quantitative estimate of drug-likeness (QED) is 0.892. The molecule has 1 rings (SSSR count). The van der Waals surface area contributed by atoms with Gasteiger partial charge in [-0.15, -0.1) is 0 Å². The third kappa shape index (κ3) is 2.88. The molecule has 0 aliphatic heterocycles. The average Bonchev–Trinajstić information content (AvgIpc) is 2.35. The first-order chi connectivity index (χ1) is 8.36. The van der Waals surface area contributed by atoms with Gasteiger partial charge in [0.1, 0.15) is 0 Å². The zero-order chi connectivity index (χ0) is 13.9. The van der Waals surface area contributed by atoms with Crippen LogP contribution in [0.3, 0.4) is 0 Å². The van der Waals surface area contributed by atoms with Gasteiger partial charge in [-0.05, 0) is 18.1 Å². The molecule has 0 saturated heterocycles. The summed E-state index contributed by atoms with van der Waals surface area (Å²) in [4.78, 5) is 24.7. The highest BCUT2D eigenvalue weighted by molar-refractivity contribution is 6.02. The molecule has 1 atom stereocenters. The minimum Gasteiger partial charge on any atom is -0.478 e. The Morgan fingerprint density at radius 3 is 2.22 bits per heavy atom. The molecular weight excluding hydrogens is 230 g/mol. The highest BCUT2D eigenvalue weighted by Crippen LogP contribution is 2.22. The van der Waals surface area contributed by atoms with Gasteiger partial charge in [-0.2, -0.15) is 0 Å². The van der Waals surface area contributed by atoms with Gasteiger partial charge in [0.05, 0.1) is 11.3 Å². The summed E-state index contributed by atoms with van der Waals surface area (Å²) in [6, 6.07) is 6.53. The monoisotopic (exact) mass is 249 g/mol. The summed E-state index contributed by atoms with van der Waals surface area (Å²) < 4.78 is 0. The van der Waals surface area contributed by atoms with Crippen molar-refractivity contribution in [2.24, 2.45) is 11.8 Å². The number of para-hydroxylation sites is 1. The van der Waals surface area contributed by atoms with Crippen LogP contribution in [0.2, 0.25) is 0 Å². The number of anilines is 1. The van der Waals surface area contributed by atoms with Crippen LogP contribution in [-0.4, -0.2) is 24.0 Å². The number of amides is 1. The number of carboxylic acid groups (broad SMARTS) is 1. The maximum atomic E-state index is 12.2. The largest absolute Gasteiger partial charge is 0.478 e. The number of aromatic carboxylic acids is 1. The molecule has 4 heteroatoms.